The summed E-state index contributed by atoms with van der Waals surface area (Å²) in [5.41, 5.74) is 0.605. The zero-order chi connectivity index (χ0) is 15.9. The van der Waals surface area contributed by atoms with Gasteiger partial charge in [0.25, 0.3) is 0 Å². The zero-order valence-corrected chi connectivity index (χ0v) is 13.4. The van der Waals surface area contributed by atoms with Crippen LogP contribution in [0.25, 0.3) is 0 Å². The van der Waals surface area contributed by atoms with Gasteiger partial charge in [-0.05, 0) is 37.6 Å². The van der Waals surface area contributed by atoms with Crippen molar-refractivity contribution in [3.8, 4) is 5.75 Å². The highest BCUT2D eigenvalue weighted by Gasteiger charge is 2.19. The number of carbonyl (C=O) groups is 1. The average Bonchev–Trinajstić information content (AvgIpc) is 2.40. The highest BCUT2D eigenvalue weighted by atomic mass is 32.2. The van der Waals surface area contributed by atoms with Gasteiger partial charge in [-0.25, -0.2) is 8.42 Å². The minimum absolute atomic E-state index is 0.181. The van der Waals surface area contributed by atoms with Gasteiger partial charge in [-0.2, -0.15) is 4.31 Å². The molecule has 0 aromatic heterocycles. The van der Waals surface area contributed by atoms with Crippen molar-refractivity contribution < 1.29 is 17.9 Å². The molecule has 0 heterocycles. The fourth-order valence-corrected chi connectivity index (χ4v) is 2.64. The summed E-state index contributed by atoms with van der Waals surface area (Å²) in [6.45, 7) is 4.48. The summed E-state index contributed by atoms with van der Waals surface area (Å²) in [6, 6.07) is 6.93. The fraction of sp³-hybridized carbons (Fsp3) is 0.500. The SMILES string of the molecule is CCCN(CC(=O)Nc1ccc(OCC)cc1)S(C)(=O)=O. The topological polar surface area (TPSA) is 75.7 Å². The van der Waals surface area contributed by atoms with Crippen molar-refractivity contribution in [1.29, 1.82) is 0 Å². The predicted molar refractivity (Wildman–Crippen MR) is 82.9 cm³/mol. The third kappa shape index (κ3) is 6.14. The van der Waals surface area contributed by atoms with E-state index >= 15 is 0 Å². The zero-order valence-electron chi connectivity index (χ0n) is 12.6. The molecule has 0 unspecified atom stereocenters. The van der Waals surface area contributed by atoms with Gasteiger partial charge in [0.15, 0.2) is 0 Å². The maximum absolute atomic E-state index is 11.9. The van der Waals surface area contributed by atoms with Crippen LogP contribution >= 0.6 is 0 Å². The van der Waals surface area contributed by atoms with Crippen molar-refractivity contribution in [1.82, 2.24) is 4.31 Å². The monoisotopic (exact) mass is 314 g/mol. The van der Waals surface area contributed by atoms with E-state index in [1.54, 1.807) is 24.3 Å². The van der Waals surface area contributed by atoms with Gasteiger partial charge >= 0.3 is 0 Å². The number of rotatable bonds is 8. The summed E-state index contributed by atoms with van der Waals surface area (Å²) in [5.74, 6) is 0.359. The van der Waals surface area contributed by atoms with Gasteiger partial charge in [-0.15, -0.1) is 0 Å². The molecule has 0 aliphatic heterocycles. The number of benzene rings is 1. The van der Waals surface area contributed by atoms with Gasteiger partial charge in [0.05, 0.1) is 19.4 Å². The molecular formula is C14H22N2O4S. The lowest BCUT2D eigenvalue weighted by Gasteiger charge is -2.18. The Kier molecular flexibility index (Phi) is 6.64. The average molecular weight is 314 g/mol. The van der Waals surface area contributed by atoms with E-state index in [0.717, 1.165) is 16.3 Å². The highest BCUT2D eigenvalue weighted by Crippen LogP contribution is 2.15. The van der Waals surface area contributed by atoms with E-state index in [9.17, 15) is 13.2 Å². The Morgan fingerprint density at radius 3 is 2.33 bits per heavy atom. The van der Waals surface area contributed by atoms with E-state index in [1.165, 1.54) is 0 Å². The summed E-state index contributed by atoms with van der Waals surface area (Å²) in [4.78, 5) is 11.9. The summed E-state index contributed by atoms with van der Waals surface area (Å²) in [5, 5.41) is 2.67. The number of hydrogen-bond donors (Lipinski definition) is 1. The third-order valence-electron chi connectivity index (χ3n) is 2.71. The number of carbonyl (C=O) groups excluding carboxylic acids is 1. The van der Waals surface area contributed by atoms with Crippen LogP contribution in [0.2, 0.25) is 0 Å². The van der Waals surface area contributed by atoms with Gasteiger partial charge in [-0.1, -0.05) is 6.92 Å². The molecule has 6 nitrogen and oxygen atoms in total. The maximum atomic E-state index is 11.9. The Hall–Kier alpha value is -1.60. The molecule has 0 spiro atoms. The summed E-state index contributed by atoms with van der Waals surface area (Å²) in [6.07, 6.45) is 1.76. The number of nitrogens with zero attached hydrogens (tertiary/aromatic N) is 1. The highest BCUT2D eigenvalue weighted by molar-refractivity contribution is 7.88. The Balaban J connectivity index is 2.63. The maximum Gasteiger partial charge on any atom is 0.239 e. The lowest BCUT2D eigenvalue weighted by molar-refractivity contribution is -0.116. The normalized spacial score (nSPS) is 11.4. The molecule has 0 atom stereocenters. The van der Waals surface area contributed by atoms with Gasteiger partial charge in [0.2, 0.25) is 15.9 Å². The summed E-state index contributed by atoms with van der Waals surface area (Å²) >= 11 is 0. The van der Waals surface area contributed by atoms with Crippen LogP contribution in [-0.2, 0) is 14.8 Å². The van der Waals surface area contributed by atoms with Crippen molar-refractivity contribution in [2.45, 2.75) is 20.3 Å². The minimum atomic E-state index is -3.38. The van der Waals surface area contributed by atoms with E-state index in [2.05, 4.69) is 5.32 Å². The van der Waals surface area contributed by atoms with Crippen molar-refractivity contribution >= 4 is 21.6 Å². The Labute approximate surface area is 126 Å². The summed E-state index contributed by atoms with van der Waals surface area (Å²) < 4.78 is 29.6. The first-order valence-corrected chi connectivity index (χ1v) is 8.69. The fourth-order valence-electron chi connectivity index (χ4n) is 1.77. The van der Waals surface area contributed by atoms with Crippen LogP contribution in [0.5, 0.6) is 5.75 Å². The minimum Gasteiger partial charge on any atom is -0.494 e. The molecule has 0 saturated carbocycles. The second kappa shape index (κ2) is 7.99. The van der Waals surface area contributed by atoms with E-state index in [-0.39, 0.29) is 12.5 Å². The van der Waals surface area contributed by atoms with Gasteiger partial charge in [0.1, 0.15) is 5.75 Å². The molecule has 1 rings (SSSR count). The number of nitrogens with one attached hydrogen (secondary N) is 1. The van der Waals surface area contributed by atoms with Gasteiger partial charge < -0.3 is 10.1 Å². The van der Waals surface area contributed by atoms with Gasteiger partial charge in [0, 0.05) is 12.2 Å². The van der Waals surface area contributed by atoms with E-state index < -0.39 is 10.0 Å². The molecule has 118 valence electrons. The largest absolute Gasteiger partial charge is 0.494 e. The quantitative estimate of drug-likeness (QED) is 0.792. The molecule has 0 radical (unpaired) electrons. The van der Waals surface area contributed by atoms with Crippen molar-refractivity contribution in [2.24, 2.45) is 0 Å². The van der Waals surface area contributed by atoms with E-state index in [0.29, 0.717) is 25.3 Å². The lowest BCUT2D eigenvalue weighted by atomic mass is 10.3. The second-order valence-electron chi connectivity index (χ2n) is 4.60. The van der Waals surface area contributed by atoms with Crippen LogP contribution < -0.4 is 10.1 Å². The molecule has 0 aliphatic carbocycles. The van der Waals surface area contributed by atoms with Crippen LogP contribution in [0, 0.1) is 0 Å². The molecular weight excluding hydrogens is 292 g/mol. The number of anilines is 1. The summed E-state index contributed by atoms with van der Waals surface area (Å²) in [7, 11) is -3.38. The van der Waals surface area contributed by atoms with Crippen LogP contribution in [-0.4, -0.2) is 44.6 Å². The van der Waals surface area contributed by atoms with E-state index in [1.807, 2.05) is 13.8 Å². The standard InChI is InChI=1S/C14H22N2O4S/c1-4-10-16(21(3,18)19)11-14(17)15-12-6-8-13(9-7-12)20-5-2/h6-9H,4-5,10-11H2,1-3H3,(H,15,17). The molecule has 0 fully saturated rings. The first-order chi connectivity index (χ1) is 9.86. The van der Waals surface area contributed by atoms with Crippen molar-refractivity contribution in [3.63, 3.8) is 0 Å². The first-order valence-electron chi connectivity index (χ1n) is 6.84. The predicted octanol–water partition coefficient (Wildman–Crippen LogP) is 1.70. The Bertz CT molecular complexity index is 555. The number of sulfonamides is 1. The molecule has 0 aliphatic rings. The Morgan fingerprint density at radius 2 is 1.86 bits per heavy atom. The molecule has 21 heavy (non-hydrogen) atoms. The van der Waals surface area contributed by atoms with Gasteiger partial charge in [-0.3, -0.25) is 4.79 Å². The number of ether oxygens (including phenoxy) is 1. The molecule has 1 aromatic carbocycles. The third-order valence-corrected chi connectivity index (χ3v) is 3.96. The number of hydrogen-bond acceptors (Lipinski definition) is 4. The molecule has 7 heteroatoms. The molecule has 1 N–H and O–H groups in total. The van der Waals surface area contributed by atoms with E-state index in [4.69, 9.17) is 4.74 Å². The molecule has 1 aromatic rings. The Morgan fingerprint density at radius 1 is 1.24 bits per heavy atom. The lowest BCUT2D eigenvalue weighted by Crippen LogP contribution is -2.37. The number of amides is 1. The van der Waals surface area contributed by atoms with Crippen molar-refractivity contribution in [3.05, 3.63) is 24.3 Å². The molecule has 1 amide bonds. The van der Waals surface area contributed by atoms with Crippen LogP contribution in [0.1, 0.15) is 20.3 Å². The smallest absolute Gasteiger partial charge is 0.239 e. The molecule has 0 bridgehead atoms. The van der Waals surface area contributed by atoms with Crippen LogP contribution in [0.4, 0.5) is 5.69 Å². The van der Waals surface area contributed by atoms with Crippen LogP contribution in [0.15, 0.2) is 24.3 Å². The molecule has 0 saturated heterocycles. The van der Waals surface area contributed by atoms with Crippen molar-refractivity contribution in [2.75, 3.05) is 31.3 Å². The van der Waals surface area contributed by atoms with Crippen LogP contribution in [0.3, 0.4) is 0 Å². The second-order valence-corrected chi connectivity index (χ2v) is 6.58. The first kappa shape index (κ1) is 17.5.